The Kier molecular flexibility index (Phi) is 2.53. The fraction of sp³-hybridized carbons (Fsp3) is 0.0833. The van der Waals surface area contributed by atoms with Crippen LogP contribution in [0.5, 0.6) is 0 Å². The molecular weight excluding hydrogens is 230 g/mol. The van der Waals surface area contributed by atoms with Crippen molar-refractivity contribution in [1.29, 1.82) is 0 Å². The van der Waals surface area contributed by atoms with E-state index in [1.807, 2.05) is 18.2 Å². The number of rotatable bonds is 3. The quantitative estimate of drug-likeness (QED) is 0.649. The molecule has 3 rings (SSSR count). The molecular formula is C12H11N5O. The molecule has 90 valence electrons. The van der Waals surface area contributed by atoms with Gasteiger partial charge in [0.05, 0.1) is 18.1 Å². The molecule has 0 aliphatic heterocycles. The summed E-state index contributed by atoms with van der Waals surface area (Å²) in [5, 5.41) is 17.1. The fourth-order valence-electron chi connectivity index (χ4n) is 1.78. The van der Waals surface area contributed by atoms with Crippen LogP contribution in [0.3, 0.4) is 0 Å². The first-order chi connectivity index (χ1) is 8.81. The molecule has 0 aliphatic rings. The number of amides is 1. The monoisotopic (exact) mass is 241 g/mol. The summed E-state index contributed by atoms with van der Waals surface area (Å²) in [4.78, 5) is 11.8. The minimum atomic E-state index is -0.0814. The smallest absolute Gasteiger partial charge is 0.230 e. The Labute approximate surface area is 102 Å². The number of fused-ring (bicyclic) bond motifs is 1. The number of anilines is 1. The summed E-state index contributed by atoms with van der Waals surface area (Å²) in [5.41, 5.74) is 2.49. The number of benzene rings is 1. The van der Waals surface area contributed by atoms with Crippen LogP contribution < -0.4 is 5.32 Å². The highest BCUT2D eigenvalue weighted by Gasteiger charge is 2.05. The number of carbonyl (C=O) groups excluding carboxylic acids is 1. The molecule has 6 heteroatoms. The van der Waals surface area contributed by atoms with Crippen molar-refractivity contribution >= 4 is 22.5 Å². The summed E-state index contributed by atoms with van der Waals surface area (Å²) in [7, 11) is 0. The predicted octanol–water partition coefficient (Wildman–Crippen LogP) is 1.47. The summed E-state index contributed by atoms with van der Waals surface area (Å²) in [6.07, 6.45) is 3.63. The summed E-state index contributed by atoms with van der Waals surface area (Å²) in [5.74, 6) is -0.0814. The van der Waals surface area contributed by atoms with Gasteiger partial charge in [0.2, 0.25) is 5.91 Å². The lowest BCUT2D eigenvalue weighted by molar-refractivity contribution is -0.115. The van der Waals surface area contributed by atoms with Crippen molar-refractivity contribution in [3.8, 4) is 0 Å². The Balaban J connectivity index is 1.73. The van der Waals surface area contributed by atoms with Gasteiger partial charge in [0.15, 0.2) is 0 Å². The SMILES string of the molecule is O=C(Cc1ccn[nH]1)Nc1ccc2[nH]ncc2c1. The van der Waals surface area contributed by atoms with Crippen LogP contribution in [-0.4, -0.2) is 26.3 Å². The first kappa shape index (κ1) is 10.5. The molecule has 0 radical (unpaired) electrons. The molecule has 0 unspecified atom stereocenters. The highest BCUT2D eigenvalue weighted by atomic mass is 16.1. The largest absolute Gasteiger partial charge is 0.326 e. The standard InChI is InChI=1S/C12H11N5O/c18-12(6-10-3-4-13-16-10)15-9-1-2-11-8(5-9)7-14-17-11/h1-5,7H,6H2,(H,13,16)(H,14,17)(H,15,18). The van der Waals surface area contributed by atoms with E-state index in [-0.39, 0.29) is 12.3 Å². The van der Waals surface area contributed by atoms with Crippen molar-refractivity contribution in [2.24, 2.45) is 0 Å². The van der Waals surface area contributed by atoms with Gasteiger partial charge < -0.3 is 5.32 Å². The highest BCUT2D eigenvalue weighted by molar-refractivity contribution is 5.94. The van der Waals surface area contributed by atoms with Gasteiger partial charge in [-0.15, -0.1) is 0 Å². The second kappa shape index (κ2) is 4.33. The topological polar surface area (TPSA) is 86.5 Å². The van der Waals surface area contributed by atoms with Crippen LogP contribution >= 0.6 is 0 Å². The van der Waals surface area contributed by atoms with E-state index < -0.39 is 0 Å². The average Bonchev–Trinajstić information content (AvgIpc) is 2.98. The zero-order valence-electron chi connectivity index (χ0n) is 9.47. The van der Waals surface area contributed by atoms with E-state index in [0.717, 1.165) is 22.3 Å². The lowest BCUT2D eigenvalue weighted by Crippen LogP contribution is -2.14. The minimum Gasteiger partial charge on any atom is -0.326 e. The Bertz CT molecular complexity index is 671. The maximum absolute atomic E-state index is 11.8. The van der Waals surface area contributed by atoms with Crippen LogP contribution in [0.25, 0.3) is 10.9 Å². The maximum atomic E-state index is 11.8. The first-order valence-corrected chi connectivity index (χ1v) is 5.52. The normalized spacial score (nSPS) is 10.7. The highest BCUT2D eigenvalue weighted by Crippen LogP contribution is 2.16. The van der Waals surface area contributed by atoms with Crippen molar-refractivity contribution in [1.82, 2.24) is 20.4 Å². The van der Waals surface area contributed by atoms with E-state index in [2.05, 4.69) is 25.7 Å². The Morgan fingerprint density at radius 2 is 2.17 bits per heavy atom. The van der Waals surface area contributed by atoms with E-state index in [9.17, 15) is 4.79 Å². The molecule has 0 spiro atoms. The van der Waals surface area contributed by atoms with Gasteiger partial charge in [0.1, 0.15) is 0 Å². The molecule has 2 aromatic heterocycles. The van der Waals surface area contributed by atoms with Crippen LogP contribution in [-0.2, 0) is 11.2 Å². The van der Waals surface area contributed by atoms with Crippen molar-refractivity contribution in [3.63, 3.8) is 0 Å². The van der Waals surface area contributed by atoms with Gasteiger partial charge in [-0.25, -0.2) is 0 Å². The molecule has 0 fully saturated rings. The first-order valence-electron chi connectivity index (χ1n) is 5.52. The molecule has 3 N–H and O–H groups in total. The molecule has 1 amide bonds. The fourth-order valence-corrected chi connectivity index (χ4v) is 1.78. The van der Waals surface area contributed by atoms with E-state index in [1.54, 1.807) is 18.5 Å². The molecule has 1 aromatic carbocycles. The molecule has 0 atom stereocenters. The third-order valence-corrected chi connectivity index (χ3v) is 2.63. The van der Waals surface area contributed by atoms with Crippen molar-refractivity contribution in [2.45, 2.75) is 6.42 Å². The van der Waals surface area contributed by atoms with Gasteiger partial charge in [0.25, 0.3) is 0 Å². The minimum absolute atomic E-state index is 0.0814. The van der Waals surface area contributed by atoms with Crippen molar-refractivity contribution < 1.29 is 4.79 Å². The zero-order chi connectivity index (χ0) is 12.4. The number of nitrogens with one attached hydrogen (secondary N) is 3. The Hall–Kier alpha value is -2.63. The molecule has 2 heterocycles. The van der Waals surface area contributed by atoms with Crippen molar-refractivity contribution in [3.05, 3.63) is 42.4 Å². The lowest BCUT2D eigenvalue weighted by Gasteiger charge is -2.04. The van der Waals surface area contributed by atoms with Crippen molar-refractivity contribution in [2.75, 3.05) is 5.32 Å². The van der Waals surface area contributed by atoms with Gasteiger partial charge in [0, 0.05) is 23.0 Å². The molecule has 0 saturated heterocycles. The number of aromatic amines is 2. The van der Waals surface area contributed by atoms with Gasteiger partial charge in [-0.2, -0.15) is 10.2 Å². The number of hydrogen-bond donors (Lipinski definition) is 3. The van der Waals surface area contributed by atoms with Gasteiger partial charge in [-0.05, 0) is 24.3 Å². The summed E-state index contributed by atoms with van der Waals surface area (Å²) in [6, 6.07) is 7.38. The summed E-state index contributed by atoms with van der Waals surface area (Å²) >= 11 is 0. The predicted molar refractivity (Wildman–Crippen MR) is 67.0 cm³/mol. The summed E-state index contributed by atoms with van der Waals surface area (Å²) < 4.78 is 0. The molecule has 0 aliphatic carbocycles. The Morgan fingerprint density at radius 1 is 1.22 bits per heavy atom. The van der Waals surface area contributed by atoms with Crippen LogP contribution in [0.2, 0.25) is 0 Å². The number of carbonyl (C=O) groups is 1. The number of aromatic nitrogens is 4. The number of H-pyrrole nitrogens is 2. The van der Waals surface area contributed by atoms with Crippen LogP contribution in [0, 0.1) is 0 Å². The molecule has 18 heavy (non-hydrogen) atoms. The number of nitrogens with zero attached hydrogens (tertiary/aromatic N) is 2. The molecule has 0 bridgehead atoms. The van der Waals surface area contributed by atoms with Gasteiger partial charge in [-0.3, -0.25) is 15.0 Å². The average molecular weight is 241 g/mol. The third-order valence-electron chi connectivity index (χ3n) is 2.63. The third kappa shape index (κ3) is 2.08. The van der Waals surface area contributed by atoms with E-state index in [0.29, 0.717) is 0 Å². The second-order valence-electron chi connectivity index (χ2n) is 3.98. The van der Waals surface area contributed by atoms with Crippen LogP contribution in [0.4, 0.5) is 5.69 Å². The van der Waals surface area contributed by atoms with Crippen LogP contribution in [0.1, 0.15) is 5.69 Å². The van der Waals surface area contributed by atoms with E-state index in [1.165, 1.54) is 0 Å². The zero-order valence-corrected chi connectivity index (χ0v) is 9.47. The molecule has 3 aromatic rings. The van der Waals surface area contributed by atoms with E-state index in [4.69, 9.17) is 0 Å². The molecule has 0 saturated carbocycles. The van der Waals surface area contributed by atoms with Gasteiger partial charge >= 0.3 is 0 Å². The Morgan fingerprint density at radius 3 is 3.00 bits per heavy atom. The lowest BCUT2D eigenvalue weighted by atomic mass is 10.2. The number of hydrogen-bond acceptors (Lipinski definition) is 3. The summed E-state index contributed by atoms with van der Waals surface area (Å²) in [6.45, 7) is 0. The second-order valence-corrected chi connectivity index (χ2v) is 3.98. The van der Waals surface area contributed by atoms with Gasteiger partial charge in [-0.1, -0.05) is 0 Å². The van der Waals surface area contributed by atoms with E-state index >= 15 is 0 Å². The maximum Gasteiger partial charge on any atom is 0.230 e. The van der Waals surface area contributed by atoms with Crippen LogP contribution in [0.15, 0.2) is 36.7 Å². The molecule has 6 nitrogen and oxygen atoms in total.